The van der Waals surface area contributed by atoms with Crippen LogP contribution in [0.3, 0.4) is 0 Å². The van der Waals surface area contributed by atoms with Gasteiger partial charge in [0.1, 0.15) is 6.10 Å². The average molecular weight is 146 g/mol. The quantitative estimate of drug-likeness (QED) is 0.530. The molecule has 0 spiro atoms. The zero-order valence-corrected chi connectivity index (χ0v) is 6.50. The van der Waals surface area contributed by atoms with Gasteiger partial charge in [-0.3, -0.25) is 0 Å². The van der Waals surface area contributed by atoms with Crippen molar-refractivity contribution in [3.63, 3.8) is 0 Å². The van der Waals surface area contributed by atoms with E-state index >= 15 is 0 Å². The first-order valence-corrected chi connectivity index (χ1v) is 3.55. The summed E-state index contributed by atoms with van der Waals surface area (Å²) in [5, 5.41) is 0. The first-order chi connectivity index (χ1) is 4.83. The van der Waals surface area contributed by atoms with E-state index in [1.165, 1.54) is 0 Å². The molecule has 0 aliphatic carbocycles. The number of methoxy groups -OCH3 is 1. The summed E-state index contributed by atoms with van der Waals surface area (Å²) in [6.45, 7) is 4.70. The number of hydrogen-bond donors (Lipinski definition) is 0. The van der Waals surface area contributed by atoms with Crippen LogP contribution in [-0.2, 0) is 14.2 Å². The molecule has 2 aliphatic heterocycles. The topological polar surface area (TPSA) is 34.3 Å². The van der Waals surface area contributed by atoms with E-state index in [1.807, 2.05) is 0 Å². The van der Waals surface area contributed by atoms with E-state index in [0.29, 0.717) is 12.2 Å². The van der Waals surface area contributed by atoms with Gasteiger partial charge in [0, 0.05) is 7.11 Å². The normalized spacial score (nSPS) is 34.2. The van der Waals surface area contributed by atoms with Gasteiger partial charge in [0.2, 0.25) is 0 Å². The van der Waals surface area contributed by atoms with Crippen molar-refractivity contribution in [2.45, 2.75) is 19.1 Å². The van der Waals surface area contributed by atoms with Crippen LogP contribution < -0.4 is 0 Å². The molecule has 2 fully saturated rings. The Morgan fingerprint density at radius 3 is 2.00 bits per heavy atom. The zero-order valence-electron chi connectivity index (χ0n) is 6.50. The van der Waals surface area contributed by atoms with Gasteiger partial charge < -0.3 is 14.2 Å². The van der Waals surface area contributed by atoms with E-state index in [4.69, 9.17) is 14.2 Å². The summed E-state index contributed by atoms with van der Waals surface area (Å²) in [7, 11) is 1.68. The van der Waals surface area contributed by atoms with E-state index in [0.717, 1.165) is 19.8 Å². The molecule has 0 aromatic carbocycles. The molecule has 60 valence electrons. The second kappa shape index (κ2) is 3.91. The highest BCUT2D eigenvalue weighted by Gasteiger charge is 2.21. The van der Waals surface area contributed by atoms with Crippen LogP contribution in [0.15, 0.2) is 0 Å². The number of ether oxygens (including phenoxy) is 3. The Morgan fingerprint density at radius 2 is 1.90 bits per heavy atom. The lowest BCUT2D eigenvalue weighted by atomic mass is 10.5. The van der Waals surface area contributed by atoms with E-state index in [-0.39, 0.29) is 0 Å². The Balaban J connectivity index is 0.000000108. The average Bonchev–Trinajstić information content (AvgIpc) is 2.68. The monoisotopic (exact) mass is 146 g/mol. The molecule has 2 unspecified atom stereocenters. The molecule has 0 N–H and O–H groups in total. The van der Waals surface area contributed by atoms with Crippen LogP contribution in [0.5, 0.6) is 0 Å². The Morgan fingerprint density at radius 1 is 1.40 bits per heavy atom. The molecular weight excluding hydrogens is 132 g/mol. The van der Waals surface area contributed by atoms with Crippen LogP contribution in [0.4, 0.5) is 0 Å². The van der Waals surface area contributed by atoms with Crippen molar-refractivity contribution in [1.82, 2.24) is 0 Å². The van der Waals surface area contributed by atoms with E-state index in [9.17, 15) is 0 Å². The molecule has 0 aromatic heterocycles. The molecule has 3 nitrogen and oxygen atoms in total. The molecule has 0 bridgehead atoms. The molecule has 0 amide bonds. The van der Waals surface area contributed by atoms with Crippen molar-refractivity contribution in [3.8, 4) is 0 Å². The number of hydrogen-bond acceptors (Lipinski definition) is 3. The molecule has 2 atom stereocenters. The second-order valence-electron chi connectivity index (χ2n) is 2.55. The molecule has 10 heavy (non-hydrogen) atoms. The Bertz CT molecular complexity index is 86.9. The molecule has 2 heterocycles. The zero-order chi connectivity index (χ0) is 7.40. The van der Waals surface area contributed by atoms with Crippen molar-refractivity contribution in [2.75, 3.05) is 26.9 Å². The molecule has 2 aliphatic rings. The lowest BCUT2D eigenvalue weighted by molar-refractivity contribution is 0.171. The van der Waals surface area contributed by atoms with Crippen LogP contribution >= 0.6 is 0 Å². The Labute approximate surface area is 61.3 Å². The van der Waals surface area contributed by atoms with Crippen LogP contribution in [0.25, 0.3) is 0 Å². The van der Waals surface area contributed by atoms with Crippen LogP contribution in [0.1, 0.15) is 6.92 Å². The maximum atomic E-state index is 4.82. The fourth-order valence-electron chi connectivity index (χ4n) is 0.446. The fraction of sp³-hybridized carbons (Fsp3) is 1.00. The molecule has 0 aromatic rings. The maximum Gasteiger partial charge on any atom is 0.104 e. The smallest absolute Gasteiger partial charge is 0.104 e. The molecule has 3 heteroatoms. The van der Waals surface area contributed by atoms with Gasteiger partial charge in [-0.05, 0) is 6.92 Å². The molecule has 0 radical (unpaired) electrons. The SMILES string of the molecule is CC1CO1.COCC1CO1. The largest absolute Gasteiger partial charge is 0.382 e. The lowest BCUT2D eigenvalue weighted by Crippen LogP contribution is -1.94. The number of epoxide rings is 2. The third-order valence-electron chi connectivity index (χ3n) is 1.25. The van der Waals surface area contributed by atoms with Crippen molar-refractivity contribution < 1.29 is 14.2 Å². The van der Waals surface area contributed by atoms with Gasteiger partial charge in [-0.25, -0.2) is 0 Å². The summed E-state index contributed by atoms with van der Waals surface area (Å²) in [5.41, 5.74) is 0. The molecule has 2 rings (SSSR count). The minimum absolute atomic E-state index is 0.426. The van der Waals surface area contributed by atoms with Gasteiger partial charge >= 0.3 is 0 Å². The van der Waals surface area contributed by atoms with Gasteiger partial charge in [0.15, 0.2) is 0 Å². The van der Waals surface area contributed by atoms with Crippen molar-refractivity contribution in [1.29, 1.82) is 0 Å². The lowest BCUT2D eigenvalue weighted by Gasteiger charge is -1.84. The Hall–Kier alpha value is -0.120. The molecule has 2 saturated heterocycles. The van der Waals surface area contributed by atoms with Crippen molar-refractivity contribution in [3.05, 3.63) is 0 Å². The highest BCUT2D eigenvalue weighted by atomic mass is 16.6. The van der Waals surface area contributed by atoms with Gasteiger partial charge in [0.05, 0.1) is 25.9 Å². The summed E-state index contributed by atoms with van der Waals surface area (Å²) in [6.07, 6.45) is 1.01. The highest BCUT2D eigenvalue weighted by Crippen LogP contribution is 2.07. The Kier molecular flexibility index (Phi) is 3.12. The predicted octanol–water partition coefficient (Wildman–Crippen LogP) is 0.437. The summed E-state index contributed by atoms with van der Waals surface area (Å²) < 4.78 is 14.3. The minimum Gasteiger partial charge on any atom is -0.382 e. The number of rotatable bonds is 2. The van der Waals surface area contributed by atoms with Crippen LogP contribution in [0, 0.1) is 0 Å². The third-order valence-corrected chi connectivity index (χ3v) is 1.25. The maximum absolute atomic E-state index is 4.82. The van der Waals surface area contributed by atoms with Gasteiger partial charge in [-0.15, -0.1) is 0 Å². The second-order valence-corrected chi connectivity index (χ2v) is 2.55. The fourth-order valence-corrected chi connectivity index (χ4v) is 0.446. The van der Waals surface area contributed by atoms with E-state index in [1.54, 1.807) is 7.11 Å². The third kappa shape index (κ3) is 4.73. The summed E-state index contributed by atoms with van der Waals surface area (Å²) in [4.78, 5) is 0. The van der Waals surface area contributed by atoms with E-state index in [2.05, 4.69) is 6.92 Å². The minimum atomic E-state index is 0.426. The van der Waals surface area contributed by atoms with Crippen LogP contribution in [-0.4, -0.2) is 39.1 Å². The first kappa shape index (κ1) is 7.98. The summed E-state index contributed by atoms with van der Waals surface area (Å²) in [5.74, 6) is 0. The molecular formula is C7H14O3. The van der Waals surface area contributed by atoms with Crippen molar-refractivity contribution >= 4 is 0 Å². The first-order valence-electron chi connectivity index (χ1n) is 3.55. The summed E-state index contributed by atoms with van der Waals surface area (Å²) in [6, 6.07) is 0. The predicted molar refractivity (Wildman–Crippen MR) is 37.0 cm³/mol. The summed E-state index contributed by atoms with van der Waals surface area (Å²) >= 11 is 0. The van der Waals surface area contributed by atoms with Gasteiger partial charge in [-0.1, -0.05) is 0 Å². The molecule has 0 saturated carbocycles. The highest BCUT2D eigenvalue weighted by molar-refractivity contribution is 4.66. The van der Waals surface area contributed by atoms with E-state index < -0.39 is 0 Å². The van der Waals surface area contributed by atoms with Gasteiger partial charge in [-0.2, -0.15) is 0 Å². The van der Waals surface area contributed by atoms with Crippen LogP contribution in [0.2, 0.25) is 0 Å². The van der Waals surface area contributed by atoms with Gasteiger partial charge in [0.25, 0.3) is 0 Å². The van der Waals surface area contributed by atoms with Crippen molar-refractivity contribution in [2.24, 2.45) is 0 Å². The standard InChI is InChI=1S/C4H8O2.C3H6O/c1-5-2-4-3-6-4;1-3-2-4-3/h4H,2-3H2,1H3;3H,2H2,1H3.